The normalized spacial score (nSPS) is 11.3. The molecule has 0 atom stereocenters. The summed E-state index contributed by atoms with van der Waals surface area (Å²) in [6, 6.07) is 1.90. The van der Waals surface area contributed by atoms with Gasteiger partial charge in [0.05, 0.1) is 5.69 Å². The van der Waals surface area contributed by atoms with Gasteiger partial charge in [-0.05, 0) is 12.1 Å². The van der Waals surface area contributed by atoms with E-state index < -0.39 is 38.0 Å². The summed E-state index contributed by atoms with van der Waals surface area (Å²) in [5.74, 6) is -2.61. The van der Waals surface area contributed by atoms with Crippen molar-refractivity contribution in [3.05, 3.63) is 17.7 Å². The molecule has 5 N–H and O–H groups in total. The minimum absolute atomic E-state index is 0.431. The average Bonchev–Trinajstić information content (AvgIpc) is 2.00. The summed E-state index contributed by atoms with van der Waals surface area (Å²) in [6.07, 6.45) is 0. The van der Waals surface area contributed by atoms with Gasteiger partial charge in [-0.3, -0.25) is 4.55 Å². The van der Waals surface area contributed by atoms with Gasteiger partial charge in [-0.15, -0.1) is 0 Å². The molecule has 8 heteroatoms. The van der Waals surface area contributed by atoms with Crippen LogP contribution in [0.5, 0.6) is 5.75 Å². The van der Waals surface area contributed by atoms with Crippen LogP contribution >= 0.6 is 0 Å². The molecule has 0 aliphatic heterocycles. The lowest BCUT2D eigenvalue weighted by Crippen LogP contribution is -2.07. The van der Waals surface area contributed by atoms with Gasteiger partial charge >= 0.3 is 5.97 Å². The number of benzene rings is 1. The van der Waals surface area contributed by atoms with Crippen LogP contribution in [-0.4, -0.2) is 29.2 Å². The van der Waals surface area contributed by atoms with Crippen LogP contribution in [0.4, 0.5) is 5.69 Å². The van der Waals surface area contributed by atoms with Gasteiger partial charge in [0.2, 0.25) is 0 Å². The van der Waals surface area contributed by atoms with E-state index in [1.54, 1.807) is 0 Å². The molecule has 0 bridgehead atoms. The first-order valence-electron chi connectivity index (χ1n) is 3.57. The molecule has 0 aliphatic rings. The molecule has 0 amide bonds. The van der Waals surface area contributed by atoms with E-state index in [1.165, 1.54) is 0 Å². The van der Waals surface area contributed by atoms with Gasteiger partial charge in [0.15, 0.2) is 10.6 Å². The first-order chi connectivity index (χ1) is 6.75. The fourth-order valence-corrected chi connectivity index (χ4v) is 1.75. The van der Waals surface area contributed by atoms with Gasteiger partial charge in [-0.2, -0.15) is 8.42 Å². The lowest BCUT2D eigenvalue weighted by Gasteiger charge is -2.07. The summed E-state index contributed by atoms with van der Waals surface area (Å²) >= 11 is 0. The molecular formula is C7H7NO6S. The van der Waals surface area contributed by atoms with Crippen molar-refractivity contribution >= 4 is 21.8 Å². The number of nitrogen functional groups attached to an aromatic ring is 1. The molecule has 15 heavy (non-hydrogen) atoms. The van der Waals surface area contributed by atoms with Crippen LogP contribution in [0.15, 0.2) is 17.0 Å². The second-order valence-electron chi connectivity index (χ2n) is 2.66. The van der Waals surface area contributed by atoms with Gasteiger partial charge in [0.25, 0.3) is 10.1 Å². The van der Waals surface area contributed by atoms with Gasteiger partial charge in [0, 0.05) is 0 Å². The highest BCUT2D eigenvalue weighted by atomic mass is 32.2. The van der Waals surface area contributed by atoms with E-state index in [-0.39, 0.29) is 0 Å². The van der Waals surface area contributed by atoms with Gasteiger partial charge in [-0.25, -0.2) is 4.79 Å². The molecule has 0 fully saturated rings. The quantitative estimate of drug-likeness (QED) is 0.414. The zero-order valence-corrected chi connectivity index (χ0v) is 8.02. The molecular weight excluding hydrogens is 226 g/mol. The predicted molar refractivity (Wildman–Crippen MR) is 49.3 cm³/mol. The molecule has 0 aromatic heterocycles. The number of hydrogen-bond acceptors (Lipinski definition) is 5. The van der Waals surface area contributed by atoms with E-state index in [4.69, 9.17) is 15.4 Å². The fourth-order valence-electron chi connectivity index (χ4n) is 1.03. The zero-order valence-electron chi connectivity index (χ0n) is 7.21. The third-order valence-corrected chi connectivity index (χ3v) is 2.60. The van der Waals surface area contributed by atoms with Crippen LogP contribution in [0.3, 0.4) is 0 Å². The lowest BCUT2D eigenvalue weighted by atomic mass is 10.2. The Balaban J connectivity index is 3.66. The van der Waals surface area contributed by atoms with Gasteiger partial charge in [-0.1, -0.05) is 0 Å². The number of nitrogens with two attached hydrogens (primary N) is 1. The number of anilines is 1. The molecule has 7 nitrogen and oxygen atoms in total. The van der Waals surface area contributed by atoms with E-state index in [1.807, 2.05) is 0 Å². The Morgan fingerprint density at radius 2 is 1.87 bits per heavy atom. The van der Waals surface area contributed by atoms with Crippen molar-refractivity contribution in [1.29, 1.82) is 0 Å². The van der Waals surface area contributed by atoms with Crippen molar-refractivity contribution in [3.8, 4) is 5.75 Å². The smallest absolute Gasteiger partial charge is 0.339 e. The minimum Gasteiger partial charge on any atom is -0.506 e. The second kappa shape index (κ2) is 3.41. The van der Waals surface area contributed by atoms with E-state index in [0.29, 0.717) is 0 Å². The van der Waals surface area contributed by atoms with Gasteiger partial charge in [0.1, 0.15) is 5.56 Å². The topological polar surface area (TPSA) is 138 Å². The maximum atomic E-state index is 10.8. The van der Waals surface area contributed by atoms with Crippen molar-refractivity contribution in [1.82, 2.24) is 0 Å². The molecule has 1 aromatic rings. The molecule has 0 saturated heterocycles. The van der Waals surface area contributed by atoms with Crippen LogP contribution < -0.4 is 5.73 Å². The first-order valence-corrected chi connectivity index (χ1v) is 5.01. The molecule has 0 saturated carbocycles. The lowest BCUT2D eigenvalue weighted by molar-refractivity contribution is 0.0693. The van der Waals surface area contributed by atoms with Crippen LogP contribution in [0.1, 0.15) is 10.4 Å². The third kappa shape index (κ3) is 2.00. The Hall–Kier alpha value is -1.80. The third-order valence-electron chi connectivity index (χ3n) is 1.65. The largest absolute Gasteiger partial charge is 0.506 e. The summed E-state index contributed by atoms with van der Waals surface area (Å²) in [6.45, 7) is 0. The fraction of sp³-hybridized carbons (Fsp3) is 0. The first kappa shape index (κ1) is 11.3. The van der Waals surface area contributed by atoms with Crippen molar-refractivity contribution in [2.24, 2.45) is 0 Å². The monoisotopic (exact) mass is 233 g/mol. The van der Waals surface area contributed by atoms with Crippen LogP contribution in [0.25, 0.3) is 0 Å². The number of carboxylic acids is 1. The highest BCUT2D eigenvalue weighted by Gasteiger charge is 2.24. The van der Waals surface area contributed by atoms with Crippen molar-refractivity contribution in [2.45, 2.75) is 4.90 Å². The number of phenols is 1. The molecule has 0 spiro atoms. The van der Waals surface area contributed by atoms with Crippen LogP contribution in [0.2, 0.25) is 0 Å². The average molecular weight is 233 g/mol. The van der Waals surface area contributed by atoms with E-state index in [9.17, 15) is 18.3 Å². The number of hydrogen-bond donors (Lipinski definition) is 4. The zero-order chi connectivity index (χ0) is 11.8. The van der Waals surface area contributed by atoms with Crippen molar-refractivity contribution in [3.63, 3.8) is 0 Å². The molecule has 1 rings (SSSR count). The predicted octanol–water partition coefficient (Wildman–Crippen LogP) is -0.0807. The summed E-state index contributed by atoms with van der Waals surface area (Å²) < 4.78 is 30.2. The van der Waals surface area contributed by atoms with Crippen LogP contribution in [-0.2, 0) is 10.1 Å². The molecule has 1 aromatic carbocycles. The Morgan fingerprint density at radius 1 is 1.33 bits per heavy atom. The summed E-state index contributed by atoms with van der Waals surface area (Å²) in [5.41, 5.74) is 4.10. The number of aromatic hydroxyl groups is 1. The number of carboxylic acid groups (broad SMARTS) is 1. The molecule has 82 valence electrons. The second-order valence-corrected chi connectivity index (χ2v) is 4.02. The molecule has 0 radical (unpaired) electrons. The number of aromatic carboxylic acids is 1. The summed E-state index contributed by atoms with van der Waals surface area (Å²) in [7, 11) is -4.76. The Labute approximate surface area is 84.5 Å². The van der Waals surface area contributed by atoms with Crippen molar-refractivity contribution < 1.29 is 28.0 Å². The summed E-state index contributed by atoms with van der Waals surface area (Å²) in [5, 5.41) is 17.8. The standard InChI is InChI=1S/C7H7NO6S/c8-4-2-1-3(7(10)11)5(9)6(4)15(12,13)14/h1-2,9H,8H2,(H,10,11)(H,12,13,14). The Morgan fingerprint density at radius 3 is 2.27 bits per heavy atom. The Kier molecular flexibility index (Phi) is 2.56. The SMILES string of the molecule is Nc1ccc(C(=O)O)c(O)c1S(=O)(=O)O. The van der Waals surface area contributed by atoms with Gasteiger partial charge < -0.3 is 15.9 Å². The van der Waals surface area contributed by atoms with E-state index in [2.05, 4.69) is 0 Å². The minimum atomic E-state index is -4.76. The van der Waals surface area contributed by atoms with E-state index in [0.717, 1.165) is 12.1 Å². The number of rotatable bonds is 2. The Bertz CT molecular complexity index is 521. The highest BCUT2D eigenvalue weighted by Crippen LogP contribution is 2.31. The highest BCUT2D eigenvalue weighted by molar-refractivity contribution is 7.86. The van der Waals surface area contributed by atoms with Crippen molar-refractivity contribution in [2.75, 3.05) is 5.73 Å². The molecule has 0 unspecified atom stereocenters. The maximum absolute atomic E-state index is 10.8. The number of carbonyl (C=O) groups is 1. The van der Waals surface area contributed by atoms with Crippen LogP contribution in [0, 0.1) is 0 Å². The molecule has 0 aliphatic carbocycles. The molecule has 0 heterocycles. The maximum Gasteiger partial charge on any atom is 0.339 e. The van der Waals surface area contributed by atoms with E-state index >= 15 is 0 Å². The summed E-state index contributed by atoms with van der Waals surface area (Å²) in [4.78, 5) is 9.54.